The molecule has 0 fully saturated rings. The van der Waals surface area contributed by atoms with Gasteiger partial charge in [-0.1, -0.05) is 0 Å². The van der Waals surface area contributed by atoms with E-state index in [1.54, 1.807) is 17.5 Å². The maximum Gasteiger partial charge on any atom is 0.146 e. The monoisotopic (exact) mass is 220 g/mol. The Morgan fingerprint density at radius 2 is 2.33 bits per heavy atom. The van der Waals surface area contributed by atoms with Crippen molar-refractivity contribution in [1.82, 2.24) is 9.97 Å². The van der Waals surface area contributed by atoms with Crippen molar-refractivity contribution in [3.8, 4) is 0 Å². The number of hydrogen-bond donors (Lipinski definition) is 2. The fourth-order valence-electron chi connectivity index (χ4n) is 1.24. The van der Waals surface area contributed by atoms with E-state index in [0.29, 0.717) is 5.82 Å². The second-order valence-electron chi connectivity index (χ2n) is 3.14. The van der Waals surface area contributed by atoms with E-state index in [9.17, 15) is 0 Å². The molecule has 5 heteroatoms. The average Bonchev–Trinajstić information content (AvgIpc) is 2.63. The van der Waals surface area contributed by atoms with E-state index in [2.05, 4.69) is 15.3 Å². The molecule has 0 saturated heterocycles. The topological polar surface area (TPSA) is 63.8 Å². The number of thiazole rings is 1. The number of aryl methyl sites for hydroxylation is 1. The van der Waals surface area contributed by atoms with E-state index in [1.807, 2.05) is 25.3 Å². The Kier molecular flexibility index (Phi) is 2.82. The Labute approximate surface area is 92.2 Å². The molecule has 2 aromatic heterocycles. The van der Waals surface area contributed by atoms with Crippen LogP contribution in [0.3, 0.4) is 0 Å². The van der Waals surface area contributed by atoms with Crippen LogP contribution >= 0.6 is 11.3 Å². The normalized spacial score (nSPS) is 10.2. The molecular weight excluding hydrogens is 208 g/mol. The van der Waals surface area contributed by atoms with Gasteiger partial charge >= 0.3 is 0 Å². The summed E-state index contributed by atoms with van der Waals surface area (Å²) in [6.07, 6.45) is 3.55. The summed E-state index contributed by atoms with van der Waals surface area (Å²) in [5.74, 6) is 0.527. The summed E-state index contributed by atoms with van der Waals surface area (Å²) in [7, 11) is 0. The lowest BCUT2D eigenvalue weighted by atomic mass is 10.4. The van der Waals surface area contributed by atoms with Gasteiger partial charge in [-0.3, -0.25) is 0 Å². The van der Waals surface area contributed by atoms with Crippen LogP contribution in [0.1, 0.15) is 9.88 Å². The van der Waals surface area contributed by atoms with E-state index in [-0.39, 0.29) is 0 Å². The number of pyridine rings is 1. The fraction of sp³-hybridized carbons (Fsp3) is 0.200. The Bertz CT molecular complexity index is 452. The first-order valence-electron chi connectivity index (χ1n) is 4.61. The van der Waals surface area contributed by atoms with Gasteiger partial charge in [0.2, 0.25) is 0 Å². The number of rotatable bonds is 3. The fourth-order valence-corrected chi connectivity index (χ4v) is 1.97. The summed E-state index contributed by atoms with van der Waals surface area (Å²) in [6.45, 7) is 2.73. The number of nitrogens with two attached hydrogens (primary N) is 1. The third kappa shape index (κ3) is 2.44. The molecule has 0 aliphatic heterocycles. The molecule has 78 valence electrons. The third-order valence-corrected chi connectivity index (χ3v) is 2.87. The summed E-state index contributed by atoms with van der Waals surface area (Å²) in [4.78, 5) is 9.37. The summed E-state index contributed by atoms with van der Waals surface area (Å²) in [5.41, 5.74) is 6.57. The first-order valence-corrected chi connectivity index (χ1v) is 5.43. The maximum absolute atomic E-state index is 5.70. The van der Waals surface area contributed by atoms with Crippen molar-refractivity contribution in [3.05, 3.63) is 34.4 Å². The molecule has 0 bridgehead atoms. The minimum absolute atomic E-state index is 0.527. The Balaban J connectivity index is 2.02. The number of aromatic nitrogens is 2. The first-order chi connectivity index (χ1) is 7.25. The molecule has 2 rings (SSSR count). The third-order valence-electron chi connectivity index (χ3n) is 1.96. The van der Waals surface area contributed by atoms with Gasteiger partial charge in [0.25, 0.3) is 0 Å². The van der Waals surface area contributed by atoms with E-state index >= 15 is 0 Å². The predicted octanol–water partition coefficient (Wildman–Crippen LogP) is 2.04. The Morgan fingerprint density at radius 3 is 3.00 bits per heavy atom. The molecule has 0 aliphatic carbocycles. The summed E-state index contributed by atoms with van der Waals surface area (Å²) < 4.78 is 0. The van der Waals surface area contributed by atoms with Crippen LogP contribution < -0.4 is 11.1 Å². The number of nitrogens with one attached hydrogen (secondary N) is 1. The van der Waals surface area contributed by atoms with Crippen LogP contribution in [0.4, 0.5) is 11.5 Å². The molecule has 0 unspecified atom stereocenters. The van der Waals surface area contributed by atoms with Crippen molar-refractivity contribution in [2.45, 2.75) is 13.5 Å². The molecular formula is C10H12N4S. The van der Waals surface area contributed by atoms with E-state index < -0.39 is 0 Å². The maximum atomic E-state index is 5.70. The minimum atomic E-state index is 0.527. The molecule has 2 heterocycles. The lowest BCUT2D eigenvalue weighted by Crippen LogP contribution is -2.02. The van der Waals surface area contributed by atoms with E-state index in [1.165, 1.54) is 4.88 Å². The molecule has 2 aromatic rings. The average molecular weight is 220 g/mol. The van der Waals surface area contributed by atoms with Crippen LogP contribution in [0.25, 0.3) is 0 Å². The summed E-state index contributed by atoms with van der Waals surface area (Å²) in [6, 6.07) is 3.77. The van der Waals surface area contributed by atoms with Gasteiger partial charge in [0, 0.05) is 17.3 Å². The zero-order valence-electron chi connectivity index (χ0n) is 8.40. The standard InChI is InChI=1S/C10H12N4S/c1-7-13-5-8(15-7)6-14-9-3-2-4-12-10(9)11/h2-5,14H,6H2,1H3,(H2,11,12). The quantitative estimate of drug-likeness (QED) is 0.830. The van der Waals surface area contributed by atoms with Gasteiger partial charge in [0.1, 0.15) is 5.82 Å². The molecule has 0 aliphatic rings. The lowest BCUT2D eigenvalue weighted by Gasteiger charge is -2.05. The highest BCUT2D eigenvalue weighted by molar-refractivity contribution is 7.11. The number of hydrogen-bond acceptors (Lipinski definition) is 5. The second-order valence-corrected chi connectivity index (χ2v) is 4.45. The van der Waals surface area contributed by atoms with Crippen LogP contribution in [0.15, 0.2) is 24.5 Å². The molecule has 0 atom stereocenters. The number of nitrogen functional groups attached to an aromatic ring is 1. The van der Waals surface area contributed by atoms with Crippen molar-refractivity contribution in [1.29, 1.82) is 0 Å². The Hall–Kier alpha value is -1.62. The lowest BCUT2D eigenvalue weighted by molar-refractivity contribution is 1.16. The van der Waals surface area contributed by atoms with Gasteiger partial charge in [-0.2, -0.15) is 0 Å². The van der Waals surface area contributed by atoms with Gasteiger partial charge in [-0.15, -0.1) is 11.3 Å². The molecule has 3 N–H and O–H groups in total. The number of nitrogens with zero attached hydrogens (tertiary/aromatic N) is 2. The largest absolute Gasteiger partial charge is 0.382 e. The highest BCUT2D eigenvalue weighted by Gasteiger charge is 2.00. The SMILES string of the molecule is Cc1ncc(CNc2cccnc2N)s1. The molecule has 0 radical (unpaired) electrons. The molecule has 0 saturated carbocycles. The number of anilines is 2. The van der Waals surface area contributed by atoms with Crippen LogP contribution in [0, 0.1) is 6.92 Å². The molecule has 15 heavy (non-hydrogen) atoms. The first kappa shape index (κ1) is 9.92. The smallest absolute Gasteiger partial charge is 0.146 e. The van der Waals surface area contributed by atoms with Crippen molar-refractivity contribution in [3.63, 3.8) is 0 Å². The molecule has 0 amide bonds. The van der Waals surface area contributed by atoms with E-state index in [4.69, 9.17) is 5.73 Å². The minimum Gasteiger partial charge on any atom is -0.382 e. The van der Waals surface area contributed by atoms with Gasteiger partial charge in [-0.25, -0.2) is 9.97 Å². The molecule has 0 aromatic carbocycles. The summed E-state index contributed by atoms with van der Waals surface area (Å²) in [5, 5.41) is 4.30. The van der Waals surface area contributed by atoms with Crippen LogP contribution in [-0.2, 0) is 6.54 Å². The zero-order chi connectivity index (χ0) is 10.7. The van der Waals surface area contributed by atoms with Crippen molar-refractivity contribution in [2.24, 2.45) is 0 Å². The van der Waals surface area contributed by atoms with Crippen molar-refractivity contribution >= 4 is 22.8 Å². The van der Waals surface area contributed by atoms with Crippen molar-refractivity contribution < 1.29 is 0 Å². The highest BCUT2D eigenvalue weighted by Crippen LogP contribution is 2.17. The van der Waals surface area contributed by atoms with E-state index in [0.717, 1.165) is 17.2 Å². The summed E-state index contributed by atoms with van der Waals surface area (Å²) >= 11 is 1.68. The zero-order valence-corrected chi connectivity index (χ0v) is 9.21. The van der Waals surface area contributed by atoms with Crippen LogP contribution in [0.2, 0.25) is 0 Å². The van der Waals surface area contributed by atoms with Crippen LogP contribution in [-0.4, -0.2) is 9.97 Å². The predicted molar refractivity (Wildman–Crippen MR) is 62.8 cm³/mol. The van der Waals surface area contributed by atoms with Gasteiger partial charge < -0.3 is 11.1 Å². The van der Waals surface area contributed by atoms with Gasteiger partial charge in [0.05, 0.1) is 17.2 Å². The molecule has 0 spiro atoms. The van der Waals surface area contributed by atoms with Crippen LogP contribution in [0.5, 0.6) is 0 Å². The molecule has 4 nitrogen and oxygen atoms in total. The van der Waals surface area contributed by atoms with Gasteiger partial charge in [-0.05, 0) is 19.1 Å². The van der Waals surface area contributed by atoms with Crippen molar-refractivity contribution in [2.75, 3.05) is 11.1 Å². The highest BCUT2D eigenvalue weighted by atomic mass is 32.1. The second kappa shape index (κ2) is 4.27. The Morgan fingerprint density at radius 1 is 1.47 bits per heavy atom. The van der Waals surface area contributed by atoms with Gasteiger partial charge in [0.15, 0.2) is 0 Å².